The summed E-state index contributed by atoms with van der Waals surface area (Å²) in [5, 5.41) is 0. The predicted octanol–water partition coefficient (Wildman–Crippen LogP) is 0.657. The van der Waals surface area contributed by atoms with Crippen molar-refractivity contribution in [2.45, 2.75) is 25.9 Å². The number of nitrogens with zero attached hydrogens (tertiary/aromatic N) is 1. The quantitative estimate of drug-likeness (QED) is 0.541. The Kier molecular flexibility index (Phi) is 1.99. The van der Waals surface area contributed by atoms with Crippen molar-refractivity contribution in [1.29, 1.82) is 0 Å². The molecule has 3 heteroatoms. The minimum Gasteiger partial charge on any atom is -0.346 e. The second-order valence-electron chi connectivity index (χ2n) is 3.25. The number of likely N-dealkylation sites (N-methyl/N-ethyl adjacent to an activating group) is 1. The maximum Gasteiger partial charge on any atom is 0.165 e. The van der Waals surface area contributed by atoms with Gasteiger partial charge in [-0.25, -0.2) is 0 Å². The van der Waals surface area contributed by atoms with Crippen molar-refractivity contribution in [3.05, 3.63) is 0 Å². The van der Waals surface area contributed by atoms with Crippen LogP contribution in [0.3, 0.4) is 0 Å². The van der Waals surface area contributed by atoms with Crippen LogP contribution in [0.4, 0.5) is 0 Å². The van der Waals surface area contributed by atoms with Gasteiger partial charge in [0.1, 0.15) is 6.23 Å². The summed E-state index contributed by atoms with van der Waals surface area (Å²) < 4.78 is 10.9. The lowest BCUT2D eigenvalue weighted by Crippen LogP contribution is -2.31. The molecule has 1 fully saturated rings. The molecule has 0 radical (unpaired) electrons. The van der Waals surface area contributed by atoms with E-state index in [0.717, 1.165) is 0 Å². The number of ether oxygens (including phenoxy) is 2. The maximum absolute atomic E-state index is 5.51. The summed E-state index contributed by atoms with van der Waals surface area (Å²) in [6.45, 7) is 4.52. The molecule has 1 atom stereocenters. The van der Waals surface area contributed by atoms with Gasteiger partial charge in [-0.1, -0.05) is 0 Å². The minimum absolute atomic E-state index is 0.120. The monoisotopic (exact) mass is 145 g/mol. The Morgan fingerprint density at radius 3 is 2.20 bits per heavy atom. The van der Waals surface area contributed by atoms with Crippen LogP contribution in [0.15, 0.2) is 0 Å². The van der Waals surface area contributed by atoms with Crippen molar-refractivity contribution in [3.8, 4) is 0 Å². The highest BCUT2D eigenvalue weighted by atomic mass is 16.7. The van der Waals surface area contributed by atoms with E-state index >= 15 is 0 Å². The van der Waals surface area contributed by atoms with Crippen LogP contribution in [0.2, 0.25) is 0 Å². The second-order valence-corrected chi connectivity index (χ2v) is 3.25. The van der Waals surface area contributed by atoms with Gasteiger partial charge < -0.3 is 9.47 Å². The van der Waals surface area contributed by atoms with Crippen molar-refractivity contribution in [1.82, 2.24) is 4.90 Å². The normalized spacial score (nSPS) is 31.5. The smallest absolute Gasteiger partial charge is 0.165 e. The summed E-state index contributed by atoms with van der Waals surface area (Å²) in [6, 6.07) is 0. The number of rotatable bonds is 1. The van der Waals surface area contributed by atoms with E-state index in [9.17, 15) is 0 Å². The molecule has 1 heterocycles. The molecule has 1 aliphatic rings. The molecule has 1 aliphatic heterocycles. The third-order valence-corrected chi connectivity index (χ3v) is 1.57. The van der Waals surface area contributed by atoms with Gasteiger partial charge in [0.15, 0.2) is 5.79 Å². The second kappa shape index (κ2) is 2.49. The SMILES string of the molecule is CN(C)[C@H]1COC(C)(C)O1. The first-order chi connectivity index (χ1) is 4.51. The molecular weight excluding hydrogens is 130 g/mol. The Labute approximate surface area is 61.9 Å². The van der Waals surface area contributed by atoms with E-state index in [1.165, 1.54) is 0 Å². The largest absolute Gasteiger partial charge is 0.346 e. The van der Waals surface area contributed by atoms with Gasteiger partial charge in [0.25, 0.3) is 0 Å². The van der Waals surface area contributed by atoms with Crippen LogP contribution >= 0.6 is 0 Å². The van der Waals surface area contributed by atoms with Crippen LogP contribution < -0.4 is 0 Å². The molecule has 60 valence electrons. The molecule has 0 bridgehead atoms. The Bertz CT molecular complexity index is 123. The lowest BCUT2D eigenvalue weighted by Gasteiger charge is -2.20. The fraction of sp³-hybridized carbons (Fsp3) is 1.00. The molecule has 1 saturated heterocycles. The van der Waals surface area contributed by atoms with E-state index in [1.807, 2.05) is 32.8 Å². The highest BCUT2D eigenvalue weighted by Crippen LogP contribution is 2.22. The molecule has 0 aromatic heterocycles. The van der Waals surface area contributed by atoms with Crippen molar-refractivity contribution < 1.29 is 9.47 Å². The van der Waals surface area contributed by atoms with Crippen molar-refractivity contribution >= 4 is 0 Å². The Hall–Kier alpha value is -0.120. The fourth-order valence-corrected chi connectivity index (χ4v) is 0.922. The highest BCUT2D eigenvalue weighted by Gasteiger charge is 2.33. The van der Waals surface area contributed by atoms with Gasteiger partial charge in [0.05, 0.1) is 6.61 Å². The Morgan fingerprint density at radius 1 is 1.40 bits per heavy atom. The van der Waals surface area contributed by atoms with Gasteiger partial charge in [-0.15, -0.1) is 0 Å². The summed E-state index contributed by atoms with van der Waals surface area (Å²) in [5.74, 6) is -0.394. The molecule has 0 spiro atoms. The fourth-order valence-electron chi connectivity index (χ4n) is 0.922. The summed E-state index contributed by atoms with van der Waals surface area (Å²) in [5.41, 5.74) is 0. The molecule has 1 rings (SSSR count). The van der Waals surface area contributed by atoms with Crippen LogP contribution in [0.25, 0.3) is 0 Å². The zero-order chi connectivity index (χ0) is 7.78. The topological polar surface area (TPSA) is 21.7 Å². The van der Waals surface area contributed by atoms with Crippen LogP contribution in [-0.2, 0) is 9.47 Å². The van der Waals surface area contributed by atoms with E-state index < -0.39 is 5.79 Å². The number of hydrogen-bond acceptors (Lipinski definition) is 3. The van der Waals surface area contributed by atoms with Gasteiger partial charge in [-0.2, -0.15) is 0 Å². The number of hydrogen-bond donors (Lipinski definition) is 0. The van der Waals surface area contributed by atoms with Gasteiger partial charge in [-0.05, 0) is 27.9 Å². The van der Waals surface area contributed by atoms with Crippen molar-refractivity contribution in [2.24, 2.45) is 0 Å². The average Bonchev–Trinajstić information content (AvgIpc) is 2.10. The minimum atomic E-state index is -0.394. The first-order valence-electron chi connectivity index (χ1n) is 3.49. The molecule has 0 aromatic rings. The molecule has 0 amide bonds. The van der Waals surface area contributed by atoms with Gasteiger partial charge in [-0.3, -0.25) is 4.90 Å². The van der Waals surface area contributed by atoms with Gasteiger partial charge in [0.2, 0.25) is 0 Å². The van der Waals surface area contributed by atoms with Crippen molar-refractivity contribution in [3.63, 3.8) is 0 Å². The molecule has 0 saturated carbocycles. The van der Waals surface area contributed by atoms with E-state index in [1.54, 1.807) is 0 Å². The molecule has 0 aromatic carbocycles. The standard InChI is InChI=1S/C7H15NO2/c1-7(2)9-5-6(10-7)8(3)4/h6H,5H2,1-4H3/t6-/m1/s1. The van der Waals surface area contributed by atoms with Crippen LogP contribution in [0.1, 0.15) is 13.8 Å². The molecule has 0 aliphatic carbocycles. The third-order valence-electron chi connectivity index (χ3n) is 1.57. The van der Waals surface area contributed by atoms with E-state index in [-0.39, 0.29) is 6.23 Å². The Balaban J connectivity index is 2.43. The van der Waals surface area contributed by atoms with E-state index in [0.29, 0.717) is 6.61 Å². The predicted molar refractivity (Wildman–Crippen MR) is 38.6 cm³/mol. The Morgan fingerprint density at radius 2 is 2.00 bits per heavy atom. The van der Waals surface area contributed by atoms with E-state index in [2.05, 4.69) is 0 Å². The van der Waals surface area contributed by atoms with Crippen molar-refractivity contribution in [2.75, 3.05) is 20.7 Å². The lowest BCUT2D eigenvalue weighted by atomic mass is 10.4. The molecule has 10 heavy (non-hydrogen) atoms. The molecule has 0 unspecified atom stereocenters. The van der Waals surface area contributed by atoms with E-state index in [4.69, 9.17) is 9.47 Å². The summed E-state index contributed by atoms with van der Waals surface area (Å²) in [4.78, 5) is 2.01. The zero-order valence-corrected chi connectivity index (χ0v) is 7.05. The van der Waals surface area contributed by atoms with Crippen LogP contribution in [-0.4, -0.2) is 37.6 Å². The van der Waals surface area contributed by atoms with Gasteiger partial charge in [0, 0.05) is 0 Å². The highest BCUT2D eigenvalue weighted by molar-refractivity contribution is 4.68. The van der Waals surface area contributed by atoms with Crippen LogP contribution in [0, 0.1) is 0 Å². The summed E-state index contributed by atoms with van der Waals surface area (Å²) in [6.07, 6.45) is 0.120. The third kappa shape index (κ3) is 1.68. The zero-order valence-electron chi connectivity index (χ0n) is 7.05. The molecule has 0 N–H and O–H groups in total. The lowest BCUT2D eigenvalue weighted by molar-refractivity contribution is -0.154. The summed E-state index contributed by atoms with van der Waals surface area (Å²) >= 11 is 0. The maximum atomic E-state index is 5.51. The van der Waals surface area contributed by atoms with Crippen LogP contribution in [0.5, 0.6) is 0 Å². The molecule has 3 nitrogen and oxygen atoms in total. The first-order valence-corrected chi connectivity index (χ1v) is 3.49. The van der Waals surface area contributed by atoms with Gasteiger partial charge >= 0.3 is 0 Å². The average molecular weight is 145 g/mol. The summed E-state index contributed by atoms with van der Waals surface area (Å²) in [7, 11) is 3.96. The first kappa shape index (κ1) is 7.98. The molecular formula is C7H15NO2.